The molecule has 92 valence electrons. The van der Waals surface area contributed by atoms with Crippen LogP contribution < -0.4 is 5.73 Å². The first-order valence-corrected chi connectivity index (χ1v) is 6.89. The lowest BCUT2D eigenvalue weighted by Crippen LogP contribution is -2.66. The molecule has 2 unspecified atom stereocenters. The zero-order chi connectivity index (χ0) is 11.9. The van der Waals surface area contributed by atoms with Crippen molar-refractivity contribution in [2.45, 2.75) is 38.4 Å². The second kappa shape index (κ2) is 4.11. The number of quaternary nitrogens is 1. The van der Waals surface area contributed by atoms with E-state index in [4.69, 9.17) is 5.73 Å². The quantitative estimate of drug-likeness (QED) is 0.778. The number of fused-ring (bicyclic) bond motifs is 3. The van der Waals surface area contributed by atoms with Crippen molar-refractivity contribution in [3.05, 3.63) is 35.9 Å². The maximum absolute atomic E-state index is 6.60. The Morgan fingerprint density at radius 2 is 1.82 bits per heavy atom. The number of nitrogens with two attached hydrogens (primary N) is 1. The molecule has 2 bridgehead atoms. The number of hydrogen-bond donors (Lipinski definition) is 1. The van der Waals surface area contributed by atoms with Gasteiger partial charge in [-0.3, -0.25) is 5.73 Å². The van der Waals surface area contributed by atoms with Crippen LogP contribution in [0.15, 0.2) is 30.3 Å². The topological polar surface area (TPSA) is 26.0 Å². The monoisotopic (exact) mass is 231 g/mol. The van der Waals surface area contributed by atoms with Crippen LogP contribution in [0.2, 0.25) is 0 Å². The predicted octanol–water partition coefficient (Wildman–Crippen LogP) is 2.66. The van der Waals surface area contributed by atoms with E-state index < -0.39 is 0 Å². The third-order valence-electron chi connectivity index (χ3n) is 5.15. The van der Waals surface area contributed by atoms with Gasteiger partial charge in [0.05, 0.1) is 19.1 Å². The largest absolute Gasteiger partial charge is 0.303 e. The van der Waals surface area contributed by atoms with Gasteiger partial charge in [0.25, 0.3) is 0 Å². The lowest BCUT2D eigenvalue weighted by atomic mass is 9.80. The number of rotatable bonds is 2. The highest BCUT2D eigenvalue weighted by atomic mass is 15.4. The van der Waals surface area contributed by atoms with Crippen LogP contribution in [-0.4, -0.2) is 23.6 Å². The molecule has 3 fully saturated rings. The van der Waals surface area contributed by atoms with Gasteiger partial charge in [-0.05, 0) is 25.7 Å². The molecule has 1 aromatic carbocycles. The summed E-state index contributed by atoms with van der Waals surface area (Å²) in [6.07, 6.45) is 4.31. The molecular weight excluding hydrogens is 208 g/mol. The molecule has 2 atom stereocenters. The molecule has 2 nitrogen and oxygen atoms in total. The maximum Gasteiger partial charge on any atom is 0.167 e. The molecule has 3 aliphatic rings. The Kier molecular flexibility index (Phi) is 2.72. The third kappa shape index (κ3) is 1.71. The van der Waals surface area contributed by atoms with Crippen molar-refractivity contribution >= 4 is 0 Å². The molecular formula is C15H23N2+. The summed E-state index contributed by atoms with van der Waals surface area (Å²) >= 11 is 0. The summed E-state index contributed by atoms with van der Waals surface area (Å²) in [6.45, 7) is 4.96. The normalized spacial score (nSPS) is 38.0. The standard InChI is InChI=1S/C15H23N2/c1-12-11-13-7-9-17(12,10-8-13)15(16)14-5-3-2-4-6-14/h2-6,12-13,15H,7-11,16H2,1H3/q+1. The second-order valence-electron chi connectivity index (χ2n) is 5.93. The fourth-order valence-electron chi connectivity index (χ4n) is 3.97. The van der Waals surface area contributed by atoms with Gasteiger partial charge in [0.2, 0.25) is 0 Å². The molecule has 0 radical (unpaired) electrons. The molecule has 0 spiro atoms. The molecule has 4 rings (SSSR count). The Hall–Kier alpha value is -0.860. The van der Waals surface area contributed by atoms with E-state index in [0.717, 1.165) is 16.4 Å². The molecule has 2 N–H and O–H groups in total. The Labute approximate surface area is 104 Å². The minimum absolute atomic E-state index is 0.174. The molecule has 3 saturated heterocycles. The van der Waals surface area contributed by atoms with E-state index >= 15 is 0 Å². The average Bonchev–Trinajstić information content (AvgIpc) is 2.40. The maximum atomic E-state index is 6.60. The summed E-state index contributed by atoms with van der Waals surface area (Å²) in [5.41, 5.74) is 7.91. The summed E-state index contributed by atoms with van der Waals surface area (Å²) < 4.78 is 1.13. The van der Waals surface area contributed by atoms with E-state index in [1.807, 2.05) is 0 Å². The van der Waals surface area contributed by atoms with Gasteiger partial charge in [-0.1, -0.05) is 30.3 Å². The molecule has 1 aromatic rings. The summed E-state index contributed by atoms with van der Waals surface area (Å²) in [4.78, 5) is 0. The smallest absolute Gasteiger partial charge is 0.167 e. The van der Waals surface area contributed by atoms with Gasteiger partial charge in [-0.25, -0.2) is 0 Å². The molecule has 0 aromatic heterocycles. The number of hydrogen-bond acceptors (Lipinski definition) is 1. The Bertz CT molecular complexity index is 379. The summed E-state index contributed by atoms with van der Waals surface area (Å²) in [5, 5.41) is 0. The highest BCUT2D eigenvalue weighted by molar-refractivity contribution is 5.16. The number of nitrogens with zero attached hydrogens (tertiary/aromatic N) is 1. The first kappa shape index (κ1) is 11.2. The minimum atomic E-state index is 0.174. The van der Waals surface area contributed by atoms with E-state index in [-0.39, 0.29) is 6.17 Å². The van der Waals surface area contributed by atoms with Crippen molar-refractivity contribution in [3.8, 4) is 0 Å². The first-order chi connectivity index (χ1) is 8.22. The minimum Gasteiger partial charge on any atom is -0.303 e. The predicted molar refractivity (Wildman–Crippen MR) is 70.2 cm³/mol. The van der Waals surface area contributed by atoms with E-state index in [1.165, 1.54) is 37.9 Å². The van der Waals surface area contributed by atoms with Gasteiger partial charge in [0.1, 0.15) is 0 Å². The molecule has 0 saturated carbocycles. The zero-order valence-electron chi connectivity index (χ0n) is 10.7. The fourth-order valence-corrected chi connectivity index (χ4v) is 3.97. The average molecular weight is 231 g/mol. The van der Waals surface area contributed by atoms with Crippen molar-refractivity contribution < 1.29 is 4.48 Å². The summed E-state index contributed by atoms with van der Waals surface area (Å²) in [5.74, 6) is 0.980. The lowest BCUT2D eigenvalue weighted by Gasteiger charge is -2.56. The van der Waals surface area contributed by atoms with E-state index in [9.17, 15) is 0 Å². The molecule has 0 amide bonds. The van der Waals surface area contributed by atoms with Crippen LogP contribution in [0.5, 0.6) is 0 Å². The van der Waals surface area contributed by atoms with Crippen molar-refractivity contribution in [1.82, 2.24) is 0 Å². The molecule has 3 aliphatic heterocycles. The van der Waals surface area contributed by atoms with Crippen LogP contribution in [0.4, 0.5) is 0 Å². The zero-order valence-corrected chi connectivity index (χ0v) is 10.7. The third-order valence-corrected chi connectivity index (χ3v) is 5.15. The van der Waals surface area contributed by atoms with E-state index in [1.54, 1.807) is 0 Å². The number of piperidine rings is 3. The first-order valence-electron chi connectivity index (χ1n) is 6.89. The Morgan fingerprint density at radius 1 is 1.18 bits per heavy atom. The van der Waals surface area contributed by atoms with Crippen molar-refractivity contribution in [1.29, 1.82) is 0 Å². The van der Waals surface area contributed by atoms with E-state index in [0.29, 0.717) is 0 Å². The summed E-state index contributed by atoms with van der Waals surface area (Å²) in [6, 6.07) is 11.4. The van der Waals surface area contributed by atoms with Crippen LogP contribution in [0.3, 0.4) is 0 Å². The second-order valence-corrected chi connectivity index (χ2v) is 5.93. The highest BCUT2D eigenvalue weighted by Crippen LogP contribution is 2.43. The van der Waals surface area contributed by atoms with Gasteiger partial charge in [-0.15, -0.1) is 0 Å². The van der Waals surface area contributed by atoms with Gasteiger partial charge < -0.3 is 4.48 Å². The molecule has 3 heterocycles. The molecule has 0 aliphatic carbocycles. The van der Waals surface area contributed by atoms with Crippen molar-refractivity contribution in [2.24, 2.45) is 11.7 Å². The Morgan fingerprint density at radius 3 is 2.41 bits per heavy atom. The van der Waals surface area contributed by atoms with Crippen molar-refractivity contribution in [2.75, 3.05) is 13.1 Å². The van der Waals surface area contributed by atoms with Crippen LogP contribution in [0.25, 0.3) is 0 Å². The van der Waals surface area contributed by atoms with Crippen LogP contribution >= 0.6 is 0 Å². The van der Waals surface area contributed by atoms with Crippen molar-refractivity contribution in [3.63, 3.8) is 0 Å². The van der Waals surface area contributed by atoms with Gasteiger partial charge in [0.15, 0.2) is 6.17 Å². The SMILES string of the molecule is CC1CC2CC[N+]1(C(N)c1ccccc1)CC2. The van der Waals surface area contributed by atoms with E-state index in [2.05, 4.69) is 37.3 Å². The van der Waals surface area contributed by atoms with Crippen LogP contribution in [0, 0.1) is 5.92 Å². The molecule has 17 heavy (non-hydrogen) atoms. The summed E-state index contributed by atoms with van der Waals surface area (Å²) in [7, 11) is 0. The van der Waals surface area contributed by atoms with Gasteiger partial charge in [0, 0.05) is 12.0 Å². The Balaban J connectivity index is 1.91. The van der Waals surface area contributed by atoms with Crippen LogP contribution in [0.1, 0.15) is 37.9 Å². The highest BCUT2D eigenvalue weighted by Gasteiger charge is 2.48. The number of benzene rings is 1. The van der Waals surface area contributed by atoms with Gasteiger partial charge in [-0.2, -0.15) is 0 Å². The van der Waals surface area contributed by atoms with Gasteiger partial charge >= 0.3 is 0 Å². The lowest BCUT2D eigenvalue weighted by molar-refractivity contribution is -0.991. The van der Waals surface area contributed by atoms with Crippen LogP contribution in [-0.2, 0) is 0 Å². The fraction of sp³-hybridized carbons (Fsp3) is 0.600. The molecule has 2 heteroatoms.